The first-order chi connectivity index (χ1) is 8.32. The molecule has 0 amide bonds. The molecule has 2 heterocycles. The summed E-state index contributed by atoms with van der Waals surface area (Å²) in [7, 11) is -3.69. The lowest BCUT2D eigenvalue weighted by molar-refractivity contribution is 0.0315. The lowest BCUT2D eigenvalue weighted by Gasteiger charge is -2.20. The Morgan fingerprint density at radius 3 is 2.89 bits per heavy atom. The second-order valence-corrected chi connectivity index (χ2v) is 7.73. The Morgan fingerprint density at radius 2 is 2.39 bits per heavy atom. The second kappa shape index (κ2) is 5.03. The van der Waals surface area contributed by atoms with Crippen molar-refractivity contribution in [2.45, 2.75) is 23.2 Å². The first kappa shape index (κ1) is 14.2. The van der Waals surface area contributed by atoms with Gasteiger partial charge in [-0.1, -0.05) is 22.9 Å². The van der Waals surface area contributed by atoms with E-state index in [1.165, 1.54) is 0 Å². The number of nitrogens with one attached hydrogen (secondary N) is 1. The Kier molecular flexibility index (Phi) is 3.96. The van der Waals surface area contributed by atoms with Gasteiger partial charge in [0.1, 0.15) is 5.60 Å². The molecule has 102 valence electrons. The topological polar surface area (TPSA) is 88.5 Å². The maximum atomic E-state index is 12.0. The summed E-state index contributed by atoms with van der Waals surface area (Å²) in [4.78, 5) is 3.85. The van der Waals surface area contributed by atoms with Crippen LogP contribution >= 0.6 is 22.9 Å². The number of nitrogens with zero attached hydrogens (tertiary/aromatic N) is 1. The van der Waals surface area contributed by atoms with Crippen LogP contribution in [0.1, 0.15) is 12.1 Å². The van der Waals surface area contributed by atoms with Crippen molar-refractivity contribution in [2.75, 3.05) is 19.8 Å². The fourth-order valence-corrected chi connectivity index (χ4v) is 4.53. The van der Waals surface area contributed by atoms with E-state index in [-0.39, 0.29) is 21.8 Å². The molecular weight excluding hydrogens is 300 g/mol. The van der Waals surface area contributed by atoms with Gasteiger partial charge in [0.05, 0.1) is 12.3 Å². The summed E-state index contributed by atoms with van der Waals surface area (Å²) in [5.74, 6) is 0. The molecule has 1 aliphatic heterocycles. The van der Waals surface area contributed by atoms with Crippen molar-refractivity contribution >= 4 is 33.0 Å². The van der Waals surface area contributed by atoms with Gasteiger partial charge in [-0.25, -0.2) is 18.1 Å². The Labute approximate surface area is 114 Å². The van der Waals surface area contributed by atoms with Crippen molar-refractivity contribution in [1.82, 2.24) is 9.71 Å². The normalized spacial score (nSPS) is 24.6. The van der Waals surface area contributed by atoms with Gasteiger partial charge in [0.15, 0.2) is 8.68 Å². The molecule has 0 bridgehead atoms. The lowest BCUT2D eigenvalue weighted by Crippen LogP contribution is -2.43. The van der Waals surface area contributed by atoms with Crippen LogP contribution in [-0.2, 0) is 14.8 Å². The largest absolute Gasteiger partial charge is 0.386 e. The van der Waals surface area contributed by atoms with Gasteiger partial charge in [-0.2, -0.15) is 0 Å². The standard InChI is InChI=1S/C9H13ClN2O4S2/c1-6-7(17-8(10)12-6)18(14,15)11-4-9(13)2-3-16-5-9/h11,13H,2-5H2,1H3. The SMILES string of the molecule is Cc1nc(Cl)sc1S(=O)(=O)NCC1(O)CCOC1. The predicted octanol–water partition coefficient (Wildman–Crippen LogP) is 0.535. The second-order valence-electron chi connectivity index (χ2n) is 4.19. The van der Waals surface area contributed by atoms with E-state index in [0.29, 0.717) is 18.7 Å². The summed E-state index contributed by atoms with van der Waals surface area (Å²) in [5.41, 5.74) is -0.776. The van der Waals surface area contributed by atoms with Gasteiger partial charge in [-0.05, 0) is 6.92 Å². The van der Waals surface area contributed by atoms with Crippen molar-refractivity contribution in [3.63, 3.8) is 0 Å². The highest BCUT2D eigenvalue weighted by molar-refractivity contribution is 7.91. The van der Waals surface area contributed by atoms with E-state index in [9.17, 15) is 13.5 Å². The molecule has 9 heteroatoms. The summed E-state index contributed by atoms with van der Waals surface area (Å²) in [6.07, 6.45) is 0.415. The quantitative estimate of drug-likeness (QED) is 0.847. The number of sulfonamides is 1. The van der Waals surface area contributed by atoms with Crippen molar-refractivity contribution < 1.29 is 18.3 Å². The Balaban J connectivity index is 2.10. The molecule has 1 aliphatic rings. The summed E-state index contributed by atoms with van der Waals surface area (Å²) >= 11 is 6.57. The van der Waals surface area contributed by atoms with E-state index in [0.717, 1.165) is 11.3 Å². The summed E-state index contributed by atoms with van der Waals surface area (Å²) in [6.45, 7) is 2.07. The van der Waals surface area contributed by atoms with Crippen LogP contribution in [0.2, 0.25) is 4.47 Å². The summed E-state index contributed by atoms with van der Waals surface area (Å²) in [5, 5.41) is 9.99. The van der Waals surface area contributed by atoms with Crippen molar-refractivity contribution in [3.8, 4) is 0 Å². The van der Waals surface area contributed by atoms with Crippen LogP contribution in [0.4, 0.5) is 0 Å². The minimum atomic E-state index is -3.69. The van der Waals surface area contributed by atoms with E-state index in [4.69, 9.17) is 16.3 Å². The highest BCUT2D eigenvalue weighted by atomic mass is 35.5. The third-order valence-corrected chi connectivity index (χ3v) is 5.92. The molecule has 0 saturated carbocycles. The number of hydrogen-bond acceptors (Lipinski definition) is 6. The van der Waals surface area contributed by atoms with E-state index >= 15 is 0 Å². The van der Waals surface area contributed by atoms with Gasteiger partial charge in [0.25, 0.3) is 10.0 Å². The third-order valence-electron chi connectivity index (χ3n) is 2.65. The number of hydrogen-bond donors (Lipinski definition) is 2. The maximum absolute atomic E-state index is 12.0. The zero-order chi connectivity index (χ0) is 13.4. The van der Waals surface area contributed by atoms with E-state index < -0.39 is 15.6 Å². The molecule has 2 N–H and O–H groups in total. The fourth-order valence-electron chi connectivity index (χ4n) is 1.63. The molecule has 1 fully saturated rings. The Hall–Kier alpha value is -0.250. The van der Waals surface area contributed by atoms with Crippen LogP contribution in [-0.4, -0.2) is 43.9 Å². The number of aliphatic hydroxyl groups is 1. The molecule has 1 aromatic rings. The highest BCUT2D eigenvalue weighted by Gasteiger charge is 2.34. The van der Waals surface area contributed by atoms with Crippen molar-refractivity contribution in [2.24, 2.45) is 0 Å². The Bertz CT molecular complexity index is 537. The van der Waals surface area contributed by atoms with Crippen LogP contribution in [0, 0.1) is 6.92 Å². The fraction of sp³-hybridized carbons (Fsp3) is 0.667. The van der Waals surface area contributed by atoms with E-state index in [1.54, 1.807) is 6.92 Å². The van der Waals surface area contributed by atoms with Crippen LogP contribution < -0.4 is 4.72 Å². The van der Waals surface area contributed by atoms with Crippen molar-refractivity contribution in [3.05, 3.63) is 10.2 Å². The smallest absolute Gasteiger partial charge is 0.252 e. The van der Waals surface area contributed by atoms with Crippen LogP contribution in [0.15, 0.2) is 4.21 Å². The molecule has 1 unspecified atom stereocenters. The maximum Gasteiger partial charge on any atom is 0.252 e. The number of aromatic nitrogens is 1. The zero-order valence-electron chi connectivity index (χ0n) is 9.64. The number of thiazole rings is 1. The molecule has 2 rings (SSSR count). The Morgan fingerprint density at radius 1 is 1.67 bits per heavy atom. The molecule has 1 aromatic heterocycles. The number of ether oxygens (including phenoxy) is 1. The minimum absolute atomic E-state index is 0.0787. The highest BCUT2D eigenvalue weighted by Crippen LogP contribution is 2.27. The average molecular weight is 313 g/mol. The molecule has 0 spiro atoms. The monoisotopic (exact) mass is 312 g/mol. The van der Waals surface area contributed by atoms with Crippen LogP contribution in [0.3, 0.4) is 0 Å². The molecular formula is C9H13ClN2O4S2. The van der Waals surface area contributed by atoms with Gasteiger partial charge in [0, 0.05) is 19.6 Å². The van der Waals surface area contributed by atoms with E-state index in [2.05, 4.69) is 9.71 Å². The van der Waals surface area contributed by atoms with Gasteiger partial charge in [-0.3, -0.25) is 0 Å². The van der Waals surface area contributed by atoms with Gasteiger partial charge in [-0.15, -0.1) is 0 Å². The zero-order valence-corrected chi connectivity index (χ0v) is 12.0. The summed E-state index contributed by atoms with van der Waals surface area (Å²) < 4.78 is 31.7. The summed E-state index contributed by atoms with van der Waals surface area (Å²) in [6, 6.07) is 0. The lowest BCUT2D eigenvalue weighted by atomic mass is 10.1. The molecule has 18 heavy (non-hydrogen) atoms. The van der Waals surface area contributed by atoms with Gasteiger partial charge in [0.2, 0.25) is 0 Å². The molecule has 0 aromatic carbocycles. The van der Waals surface area contributed by atoms with Crippen LogP contribution in [0.25, 0.3) is 0 Å². The molecule has 0 radical (unpaired) electrons. The van der Waals surface area contributed by atoms with Crippen LogP contribution in [0.5, 0.6) is 0 Å². The predicted molar refractivity (Wildman–Crippen MR) is 67.4 cm³/mol. The molecule has 6 nitrogen and oxygen atoms in total. The third kappa shape index (κ3) is 3.01. The molecule has 1 atom stereocenters. The first-order valence-corrected chi connectivity index (χ1v) is 7.93. The van der Waals surface area contributed by atoms with E-state index in [1.807, 2.05) is 0 Å². The first-order valence-electron chi connectivity index (χ1n) is 5.25. The number of aryl methyl sites for hydroxylation is 1. The van der Waals surface area contributed by atoms with Gasteiger partial charge < -0.3 is 9.84 Å². The van der Waals surface area contributed by atoms with Gasteiger partial charge >= 0.3 is 0 Å². The van der Waals surface area contributed by atoms with Crippen molar-refractivity contribution in [1.29, 1.82) is 0 Å². The molecule has 0 aliphatic carbocycles. The average Bonchev–Trinajstić information content (AvgIpc) is 2.84. The number of halogens is 1. The molecule has 1 saturated heterocycles. The number of rotatable bonds is 4. The minimum Gasteiger partial charge on any atom is -0.386 e.